The van der Waals surface area contributed by atoms with Crippen LogP contribution < -0.4 is 0 Å². The van der Waals surface area contributed by atoms with E-state index in [1.54, 1.807) is 10.9 Å². The van der Waals surface area contributed by atoms with Gasteiger partial charge in [0.2, 0.25) is 0 Å². The van der Waals surface area contributed by atoms with Crippen molar-refractivity contribution in [2.24, 2.45) is 0 Å². The molecule has 0 aromatic carbocycles. The van der Waals surface area contributed by atoms with Crippen molar-refractivity contribution in [3.63, 3.8) is 0 Å². The van der Waals surface area contributed by atoms with E-state index in [4.69, 9.17) is 0 Å². The average Bonchev–Trinajstić information content (AvgIpc) is 2.95. The summed E-state index contributed by atoms with van der Waals surface area (Å²) < 4.78 is 6.37. The summed E-state index contributed by atoms with van der Waals surface area (Å²) in [5.41, 5.74) is 1.18. The molecule has 84 valence electrons. The average molecular weight is 220 g/mol. The Hall–Kier alpha value is -2.11. The molecular weight excluding hydrogens is 208 g/mol. The number of hydrogen-bond acceptors (Lipinski definition) is 4. The summed E-state index contributed by atoms with van der Waals surface area (Å²) in [5.74, 6) is 0.182. The molecule has 6 nitrogen and oxygen atoms in total. The lowest BCUT2D eigenvalue weighted by molar-refractivity contribution is 0.0595. The van der Waals surface area contributed by atoms with Gasteiger partial charge in [-0.2, -0.15) is 5.10 Å². The van der Waals surface area contributed by atoms with Crippen LogP contribution in [0, 0.1) is 0 Å². The number of ether oxygens (including phenoxy) is 1. The van der Waals surface area contributed by atoms with E-state index in [9.17, 15) is 4.79 Å². The molecule has 0 saturated heterocycles. The van der Waals surface area contributed by atoms with Crippen LogP contribution in [0.15, 0.2) is 18.6 Å². The Labute approximate surface area is 92.3 Å². The molecular formula is C10H12N4O2. The molecule has 0 amide bonds. The van der Waals surface area contributed by atoms with Gasteiger partial charge in [0.1, 0.15) is 11.5 Å². The second-order valence-electron chi connectivity index (χ2n) is 3.22. The molecule has 0 atom stereocenters. The maximum atomic E-state index is 11.2. The summed E-state index contributed by atoms with van der Waals surface area (Å²) in [4.78, 5) is 18.2. The molecule has 2 rings (SSSR count). The van der Waals surface area contributed by atoms with Gasteiger partial charge in [0.25, 0.3) is 0 Å². The Kier molecular flexibility index (Phi) is 2.72. The molecule has 1 N–H and O–H groups in total. The van der Waals surface area contributed by atoms with Crippen molar-refractivity contribution < 1.29 is 9.53 Å². The highest BCUT2D eigenvalue weighted by Gasteiger charge is 2.11. The van der Waals surface area contributed by atoms with Gasteiger partial charge in [-0.3, -0.25) is 4.68 Å². The van der Waals surface area contributed by atoms with E-state index >= 15 is 0 Å². The van der Waals surface area contributed by atoms with Crippen LogP contribution in [0.25, 0.3) is 11.4 Å². The fourth-order valence-corrected chi connectivity index (χ4v) is 1.34. The van der Waals surface area contributed by atoms with Crippen molar-refractivity contribution in [2.75, 3.05) is 7.11 Å². The van der Waals surface area contributed by atoms with Crippen molar-refractivity contribution in [1.82, 2.24) is 19.7 Å². The lowest BCUT2D eigenvalue weighted by atomic mass is 10.3. The third-order valence-corrected chi connectivity index (χ3v) is 2.21. The molecule has 0 bridgehead atoms. The van der Waals surface area contributed by atoms with Crippen LogP contribution in [0.4, 0.5) is 0 Å². The van der Waals surface area contributed by atoms with Gasteiger partial charge in [0, 0.05) is 12.7 Å². The normalized spacial score (nSPS) is 10.4. The molecule has 0 unspecified atom stereocenters. The van der Waals surface area contributed by atoms with Gasteiger partial charge in [0.05, 0.1) is 25.1 Å². The molecule has 2 aromatic rings. The summed E-state index contributed by atoms with van der Waals surface area (Å²) in [6.45, 7) is 2.80. The minimum Gasteiger partial charge on any atom is -0.464 e. The van der Waals surface area contributed by atoms with Crippen molar-refractivity contribution in [3.05, 3.63) is 24.3 Å². The van der Waals surface area contributed by atoms with Crippen LogP contribution in [0.5, 0.6) is 0 Å². The molecule has 0 aliphatic heterocycles. The van der Waals surface area contributed by atoms with Crippen molar-refractivity contribution in [2.45, 2.75) is 13.5 Å². The number of hydrogen-bond donors (Lipinski definition) is 1. The third-order valence-electron chi connectivity index (χ3n) is 2.21. The Morgan fingerprint density at radius 1 is 1.56 bits per heavy atom. The van der Waals surface area contributed by atoms with Crippen LogP contribution >= 0.6 is 0 Å². The van der Waals surface area contributed by atoms with Crippen LogP contribution in [-0.4, -0.2) is 32.8 Å². The van der Waals surface area contributed by atoms with Crippen LogP contribution in [0.3, 0.4) is 0 Å². The Balaban J connectivity index is 2.27. The quantitative estimate of drug-likeness (QED) is 0.785. The van der Waals surface area contributed by atoms with E-state index in [-0.39, 0.29) is 0 Å². The maximum absolute atomic E-state index is 11.2. The topological polar surface area (TPSA) is 72.8 Å². The standard InChI is InChI=1S/C10H12N4O2/c1-3-14-6-7(4-12-14)9-11-5-8(13-9)10(15)16-2/h4-6H,3H2,1-2H3,(H,11,13). The molecule has 0 saturated carbocycles. The highest BCUT2D eigenvalue weighted by Crippen LogP contribution is 2.14. The van der Waals surface area contributed by atoms with E-state index in [0.29, 0.717) is 11.5 Å². The number of methoxy groups -OCH3 is 1. The fourth-order valence-electron chi connectivity index (χ4n) is 1.34. The van der Waals surface area contributed by atoms with Gasteiger partial charge < -0.3 is 9.72 Å². The summed E-state index contributed by atoms with van der Waals surface area (Å²) in [5, 5.41) is 4.13. The summed E-state index contributed by atoms with van der Waals surface area (Å²) >= 11 is 0. The fraction of sp³-hybridized carbons (Fsp3) is 0.300. The van der Waals surface area contributed by atoms with E-state index < -0.39 is 5.97 Å². The minimum atomic E-state index is -0.429. The third kappa shape index (κ3) is 1.81. The van der Waals surface area contributed by atoms with Crippen LogP contribution in [0.2, 0.25) is 0 Å². The van der Waals surface area contributed by atoms with Gasteiger partial charge >= 0.3 is 5.97 Å². The number of esters is 1. The zero-order valence-electron chi connectivity index (χ0n) is 9.10. The number of H-pyrrole nitrogens is 1. The summed E-state index contributed by atoms with van der Waals surface area (Å²) in [6, 6.07) is 0. The number of imidazole rings is 1. The summed E-state index contributed by atoms with van der Waals surface area (Å²) in [7, 11) is 1.33. The summed E-state index contributed by atoms with van der Waals surface area (Å²) in [6.07, 6.45) is 5.01. The van der Waals surface area contributed by atoms with E-state index in [1.165, 1.54) is 13.3 Å². The Morgan fingerprint density at radius 3 is 3.00 bits per heavy atom. The predicted molar refractivity (Wildman–Crippen MR) is 56.8 cm³/mol. The lowest BCUT2D eigenvalue weighted by Crippen LogP contribution is -2.00. The Bertz CT molecular complexity index is 500. The molecule has 0 aliphatic carbocycles. The highest BCUT2D eigenvalue weighted by atomic mass is 16.5. The van der Waals surface area contributed by atoms with Gasteiger partial charge in [-0.05, 0) is 6.92 Å². The van der Waals surface area contributed by atoms with Gasteiger partial charge in [0.15, 0.2) is 0 Å². The van der Waals surface area contributed by atoms with E-state index in [2.05, 4.69) is 19.8 Å². The zero-order chi connectivity index (χ0) is 11.5. The second-order valence-corrected chi connectivity index (χ2v) is 3.22. The maximum Gasteiger partial charge on any atom is 0.356 e. The first-order valence-electron chi connectivity index (χ1n) is 4.90. The number of carbonyl (C=O) groups is 1. The number of aromatic nitrogens is 4. The van der Waals surface area contributed by atoms with Crippen LogP contribution in [0.1, 0.15) is 17.4 Å². The second kappa shape index (κ2) is 4.18. The van der Waals surface area contributed by atoms with Crippen molar-refractivity contribution >= 4 is 5.97 Å². The lowest BCUT2D eigenvalue weighted by Gasteiger charge is -1.93. The first-order chi connectivity index (χ1) is 7.74. The predicted octanol–water partition coefficient (Wildman–Crippen LogP) is 1.08. The van der Waals surface area contributed by atoms with Crippen LogP contribution in [-0.2, 0) is 11.3 Å². The van der Waals surface area contributed by atoms with E-state index in [1.807, 2.05) is 13.1 Å². The zero-order valence-corrected chi connectivity index (χ0v) is 9.10. The van der Waals surface area contributed by atoms with E-state index in [0.717, 1.165) is 12.1 Å². The molecule has 2 aromatic heterocycles. The largest absolute Gasteiger partial charge is 0.464 e. The number of aromatic amines is 1. The number of rotatable bonds is 3. The van der Waals surface area contributed by atoms with Gasteiger partial charge in [-0.1, -0.05) is 0 Å². The first-order valence-corrected chi connectivity index (χ1v) is 4.90. The number of nitrogens with one attached hydrogen (secondary N) is 1. The molecule has 6 heteroatoms. The minimum absolute atomic E-state index is 0.335. The van der Waals surface area contributed by atoms with Crippen molar-refractivity contribution in [3.8, 4) is 11.4 Å². The highest BCUT2D eigenvalue weighted by molar-refractivity contribution is 5.87. The van der Waals surface area contributed by atoms with Gasteiger partial charge in [-0.25, -0.2) is 9.78 Å². The molecule has 0 aliphatic rings. The monoisotopic (exact) mass is 220 g/mol. The first kappa shape index (κ1) is 10.4. The van der Waals surface area contributed by atoms with Gasteiger partial charge in [-0.15, -0.1) is 0 Å². The number of carbonyl (C=O) groups excluding carboxylic acids is 1. The number of aryl methyl sites for hydroxylation is 1. The molecule has 0 fully saturated rings. The SMILES string of the molecule is CCn1cc(-c2ncc(C(=O)OC)[nH]2)cn1. The molecule has 16 heavy (non-hydrogen) atoms. The molecule has 0 spiro atoms. The Morgan fingerprint density at radius 2 is 2.38 bits per heavy atom. The smallest absolute Gasteiger partial charge is 0.356 e. The number of nitrogens with zero attached hydrogens (tertiary/aromatic N) is 3. The molecule has 2 heterocycles. The van der Waals surface area contributed by atoms with Crippen molar-refractivity contribution in [1.29, 1.82) is 0 Å². The molecule has 0 radical (unpaired) electrons.